The molecule has 0 aliphatic carbocycles. The van der Waals surface area contributed by atoms with Crippen molar-refractivity contribution >= 4 is 22.1 Å². The maximum atomic E-state index is 13.9. The van der Waals surface area contributed by atoms with E-state index in [-0.39, 0.29) is 0 Å². The first-order chi connectivity index (χ1) is 9.91. The Balaban J connectivity index is 2.40. The van der Waals surface area contributed by atoms with E-state index in [1.165, 1.54) is 11.3 Å². The highest BCUT2D eigenvalue weighted by atomic mass is 32.1. The molecule has 0 radical (unpaired) electrons. The zero-order valence-corrected chi connectivity index (χ0v) is 10.8. The van der Waals surface area contributed by atoms with E-state index in [0.717, 1.165) is 12.1 Å². The molecule has 0 unspecified atom stereocenters. The van der Waals surface area contributed by atoms with Gasteiger partial charge in [-0.15, -0.1) is 0 Å². The first kappa shape index (κ1) is 13.9. The summed E-state index contributed by atoms with van der Waals surface area (Å²) in [5.74, 6) is -11.7. The molecule has 21 heavy (non-hydrogen) atoms. The molecule has 0 bridgehead atoms. The Morgan fingerprint density at radius 2 is 1.10 bits per heavy atom. The molecule has 0 atom stereocenters. The Labute approximate surface area is 118 Å². The summed E-state index contributed by atoms with van der Waals surface area (Å²) in [5, 5.41) is 4.09. The van der Waals surface area contributed by atoms with Gasteiger partial charge in [-0.05, 0) is 33.7 Å². The Hall–Kier alpha value is -2.02. The standard InChI is InChI=1S/C14H4F6S/c15-8-2-6-4-21-3-5(6)1-7(8)9-10(16)12(18)14(20)13(19)11(9)17/h1-4H. The Kier molecular flexibility index (Phi) is 3.16. The van der Waals surface area contributed by atoms with E-state index in [0.29, 0.717) is 10.8 Å². The van der Waals surface area contributed by atoms with E-state index < -0.39 is 46.0 Å². The van der Waals surface area contributed by atoms with E-state index in [2.05, 4.69) is 0 Å². The highest BCUT2D eigenvalue weighted by Crippen LogP contribution is 2.35. The molecule has 0 aliphatic rings. The number of halogens is 6. The molecular formula is C14H4F6S. The van der Waals surface area contributed by atoms with Crippen molar-refractivity contribution in [1.82, 2.24) is 0 Å². The molecule has 7 heteroatoms. The molecule has 108 valence electrons. The lowest BCUT2D eigenvalue weighted by molar-refractivity contribution is 0.381. The first-order valence-electron chi connectivity index (χ1n) is 5.59. The van der Waals surface area contributed by atoms with Crippen LogP contribution in [0.15, 0.2) is 22.9 Å². The monoisotopic (exact) mass is 318 g/mol. The van der Waals surface area contributed by atoms with Gasteiger partial charge in [0.1, 0.15) is 5.82 Å². The average Bonchev–Trinajstić information content (AvgIpc) is 2.90. The van der Waals surface area contributed by atoms with E-state index >= 15 is 0 Å². The van der Waals surface area contributed by atoms with Gasteiger partial charge in [-0.2, -0.15) is 11.3 Å². The fourth-order valence-corrected chi connectivity index (χ4v) is 2.79. The maximum absolute atomic E-state index is 13.9. The lowest BCUT2D eigenvalue weighted by Crippen LogP contribution is -2.04. The Bertz CT molecular complexity index is 839. The largest absolute Gasteiger partial charge is 0.206 e. The number of benzene rings is 2. The van der Waals surface area contributed by atoms with Gasteiger partial charge in [0.05, 0.1) is 5.56 Å². The number of fused-ring (bicyclic) bond motifs is 1. The molecule has 3 rings (SSSR count). The number of thiophene rings is 1. The van der Waals surface area contributed by atoms with Crippen molar-refractivity contribution in [1.29, 1.82) is 0 Å². The molecular weight excluding hydrogens is 314 g/mol. The summed E-state index contributed by atoms with van der Waals surface area (Å²) in [7, 11) is 0. The second-order valence-corrected chi connectivity index (χ2v) is 5.02. The van der Waals surface area contributed by atoms with Crippen LogP contribution < -0.4 is 0 Å². The van der Waals surface area contributed by atoms with Crippen LogP contribution in [0.5, 0.6) is 0 Å². The van der Waals surface area contributed by atoms with Gasteiger partial charge in [-0.25, -0.2) is 26.3 Å². The van der Waals surface area contributed by atoms with Crippen molar-refractivity contribution in [2.24, 2.45) is 0 Å². The molecule has 0 fully saturated rings. The van der Waals surface area contributed by atoms with Crippen LogP contribution in [0.4, 0.5) is 26.3 Å². The third-order valence-corrected chi connectivity index (χ3v) is 3.82. The Morgan fingerprint density at radius 1 is 0.619 bits per heavy atom. The van der Waals surface area contributed by atoms with E-state index in [4.69, 9.17) is 0 Å². The van der Waals surface area contributed by atoms with Crippen LogP contribution in [0.1, 0.15) is 0 Å². The molecule has 0 saturated heterocycles. The van der Waals surface area contributed by atoms with Gasteiger partial charge in [-0.1, -0.05) is 0 Å². The van der Waals surface area contributed by atoms with E-state index in [1.807, 2.05) is 0 Å². The van der Waals surface area contributed by atoms with E-state index in [9.17, 15) is 26.3 Å². The maximum Gasteiger partial charge on any atom is 0.200 e. The zero-order valence-electron chi connectivity index (χ0n) is 9.99. The summed E-state index contributed by atoms with van der Waals surface area (Å²) >= 11 is 1.22. The first-order valence-corrected chi connectivity index (χ1v) is 6.53. The molecule has 0 saturated carbocycles. The summed E-state index contributed by atoms with van der Waals surface area (Å²) in [4.78, 5) is 0. The second kappa shape index (κ2) is 4.77. The number of hydrogen-bond acceptors (Lipinski definition) is 1. The van der Waals surface area contributed by atoms with Gasteiger partial charge in [0.25, 0.3) is 0 Å². The van der Waals surface area contributed by atoms with Crippen molar-refractivity contribution in [2.75, 3.05) is 0 Å². The van der Waals surface area contributed by atoms with Gasteiger partial charge in [0.2, 0.25) is 5.82 Å². The fraction of sp³-hybridized carbons (Fsp3) is 0. The van der Waals surface area contributed by atoms with Crippen LogP contribution in [-0.2, 0) is 0 Å². The third kappa shape index (κ3) is 1.99. The highest BCUT2D eigenvalue weighted by molar-refractivity contribution is 7.09. The molecule has 0 aliphatic heterocycles. The van der Waals surface area contributed by atoms with Crippen LogP contribution in [0.25, 0.3) is 21.9 Å². The van der Waals surface area contributed by atoms with Gasteiger partial charge < -0.3 is 0 Å². The molecule has 0 N–H and O–H groups in total. The van der Waals surface area contributed by atoms with Gasteiger partial charge in [0.15, 0.2) is 23.3 Å². The molecule has 0 nitrogen and oxygen atoms in total. The van der Waals surface area contributed by atoms with Crippen molar-refractivity contribution < 1.29 is 26.3 Å². The molecule has 0 spiro atoms. The minimum Gasteiger partial charge on any atom is -0.206 e. The Morgan fingerprint density at radius 3 is 1.67 bits per heavy atom. The summed E-state index contributed by atoms with van der Waals surface area (Å²) in [5.41, 5.74) is -1.94. The van der Waals surface area contributed by atoms with Gasteiger partial charge >= 0.3 is 0 Å². The summed E-state index contributed by atoms with van der Waals surface area (Å²) in [6.45, 7) is 0. The minimum atomic E-state index is -2.27. The summed E-state index contributed by atoms with van der Waals surface area (Å²) in [6.07, 6.45) is 0. The third-order valence-electron chi connectivity index (χ3n) is 3.04. The van der Waals surface area contributed by atoms with Crippen LogP contribution in [0.3, 0.4) is 0 Å². The fourth-order valence-electron chi connectivity index (χ4n) is 2.02. The van der Waals surface area contributed by atoms with Crippen molar-refractivity contribution in [3.8, 4) is 11.1 Å². The smallest absolute Gasteiger partial charge is 0.200 e. The lowest BCUT2D eigenvalue weighted by Gasteiger charge is -2.09. The lowest BCUT2D eigenvalue weighted by atomic mass is 10.0. The van der Waals surface area contributed by atoms with Gasteiger partial charge in [0, 0.05) is 5.56 Å². The SMILES string of the molecule is Fc1cc2cscc2cc1-c1c(F)c(F)c(F)c(F)c1F. The summed E-state index contributed by atoms with van der Waals surface area (Å²) in [6, 6.07) is 2.04. The predicted molar refractivity (Wildman–Crippen MR) is 67.0 cm³/mol. The zero-order chi connectivity index (χ0) is 15.3. The van der Waals surface area contributed by atoms with Crippen LogP contribution >= 0.6 is 11.3 Å². The van der Waals surface area contributed by atoms with Crippen molar-refractivity contribution in [3.63, 3.8) is 0 Å². The van der Waals surface area contributed by atoms with Crippen LogP contribution in [-0.4, -0.2) is 0 Å². The minimum absolute atomic E-state index is 0.445. The predicted octanol–water partition coefficient (Wildman–Crippen LogP) is 5.40. The quantitative estimate of drug-likeness (QED) is 0.320. The molecule has 1 heterocycles. The molecule has 2 aromatic carbocycles. The molecule has 3 aromatic rings. The normalized spacial score (nSPS) is 11.3. The van der Waals surface area contributed by atoms with Crippen molar-refractivity contribution in [3.05, 3.63) is 57.8 Å². The van der Waals surface area contributed by atoms with E-state index in [1.54, 1.807) is 10.8 Å². The van der Waals surface area contributed by atoms with Gasteiger partial charge in [-0.3, -0.25) is 0 Å². The average molecular weight is 318 g/mol. The highest BCUT2D eigenvalue weighted by Gasteiger charge is 2.28. The van der Waals surface area contributed by atoms with Crippen molar-refractivity contribution in [2.45, 2.75) is 0 Å². The number of rotatable bonds is 1. The van der Waals surface area contributed by atoms with Crippen LogP contribution in [0, 0.1) is 34.9 Å². The molecule has 0 amide bonds. The summed E-state index contributed by atoms with van der Waals surface area (Å²) < 4.78 is 80.7. The second-order valence-electron chi connectivity index (χ2n) is 4.28. The topological polar surface area (TPSA) is 0 Å². The molecule has 1 aromatic heterocycles. The van der Waals surface area contributed by atoms with Crippen LogP contribution in [0.2, 0.25) is 0 Å². The number of hydrogen-bond donors (Lipinski definition) is 0.